The number of anilines is 1. The zero-order valence-corrected chi connectivity index (χ0v) is 16.1. The van der Waals surface area contributed by atoms with Crippen LogP contribution < -0.4 is 4.90 Å². The van der Waals surface area contributed by atoms with Gasteiger partial charge in [0.25, 0.3) is 0 Å². The number of sulfonamides is 1. The van der Waals surface area contributed by atoms with E-state index in [1.54, 1.807) is 12.1 Å². The number of hydrogen-bond donors (Lipinski definition) is 0. The minimum absolute atomic E-state index is 0.261. The second kappa shape index (κ2) is 7.28. The highest BCUT2D eigenvalue weighted by Gasteiger charge is 2.26. The van der Waals surface area contributed by atoms with Gasteiger partial charge >= 0.3 is 0 Å². The number of piperazine rings is 1. The number of aromatic nitrogens is 2. The van der Waals surface area contributed by atoms with Gasteiger partial charge in [-0.3, -0.25) is 0 Å². The van der Waals surface area contributed by atoms with Crippen molar-refractivity contribution in [1.29, 1.82) is 0 Å². The Morgan fingerprint density at radius 3 is 2.23 bits per heavy atom. The van der Waals surface area contributed by atoms with Crippen LogP contribution in [-0.2, 0) is 16.4 Å². The topological polar surface area (TPSA) is 66.4 Å². The van der Waals surface area contributed by atoms with Crippen LogP contribution in [0.1, 0.15) is 22.6 Å². The second-order valence-electron chi connectivity index (χ2n) is 6.61. The maximum atomic E-state index is 13.2. The van der Waals surface area contributed by atoms with Gasteiger partial charge < -0.3 is 4.90 Å². The van der Waals surface area contributed by atoms with Crippen molar-refractivity contribution >= 4 is 15.8 Å². The Morgan fingerprint density at radius 2 is 1.65 bits per heavy atom. The fourth-order valence-electron chi connectivity index (χ4n) is 3.22. The van der Waals surface area contributed by atoms with Crippen LogP contribution in [0.15, 0.2) is 24.3 Å². The number of nitrogens with zero attached hydrogens (tertiary/aromatic N) is 4. The van der Waals surface area contributed by atoms with Crippen LogP contribution in [0.3, 0.4) is 0 Å². The van der Waals surface area contributed by atoms with Crippen molar-refractivity contribution in [2.75, 3.05) is 37.3 Å². The molecular weight excluding hydrogens is 355 g/mol. The standard InChI is InChI=1S/C18H23FN4O2S/c1-13-17(12-15-4-6-16(19)7-5-15)18(21-14(2)20-13)22-8-10-23(11-9-22)26(3,24)25/h4-7H,8-12H2,1-3H3. The van der Waals surface area contributed by atoms with Crippen LogP contribution in [0.5, 0.6) is 0 Å². The highest BCUT2D eigenvalue weighted by Crippen LogP contribution is 2.25. The molecule has 1 aliphatic rings. The summed E-state index contributed by atoms with van der Waals surface area (Å²) in [5.74, 6) is 1.26. The van der Waals surface area contributed by atoms with Gasteiger partial charge in [-0.15, -0.1) is 0 Å². The Kier molecular flexibility index (Phi) is 5.24. The minimum Gasteiger partial charge on any atom is -0.354 e. The van der Waals surface area contributed by atoms with Gasteiger partial charge in [0.2, 0.25) is 10.0 Å². The van der Waals surface area contributed by atoms with E-state index in [0.717, 1.165) is 22.6 Å². The first-order valence-corrected chi connectivity index (χ1v) is 10.4. The molecule has 2 aromatic rings. The smallest absolute Gasteiger partial charge is 0.211 e. The van der Waals surface area contributed by atoms with Crippen molar-refractivity contribution in [3.05, 3.63) is 52.7 Å². The van der Waals surface area contributed by atoms with Crippen LogP contribution in [0.2, 0.25) is 0 Å². The van der Waals surface area contributed by atoms with Crippen LogP contribution in [0.4, 0.5) is 10.2 Å². The number of rotatable bonds is 4. The third-order valence-electron chi connectivity index (χ3n) is 4.61. The Labute approximate surface area is 153 Å². The maximum absolute atomic E-state index is 13.2. The summed E-state index contributed by atoms with van der Waals surface area (Å²) >= 11 is 0. The van der Waals surface area contributed by atoms with E-state index in [2.05, 4.69) is 14.9 Å². The minimum atomic E-state index is -3.17. The normalized spacial score (nSPS) is 16.1. The van der Waals surface area contributed by atoms with Gasteiger partial charge in [0, 0.05) is 43.9 Å². The molecular formula is C18H23FN4O2S. The summed E-state index contributed by atoms with van der Waals surface area (Å²) in [7, 11) is -3.17. The van der Waals surface area contributed by atoms with Gasteiger partial charge in [0.05, 0.1) is 6.26 Å². The summed E-state index contributed by atoms with van der Waals surface area (Å²) in [6.45, 7) is 5.85. The van der Waals surface area contributed by atoms with Crippen molar-refractivity contribution in [1.82, 2.24) is 14.3 Å². The molecule has 0 atom stereocenters. The van der Waals surface area contributed by atoms with Crippen molar-refractivity contribution in [2.45, 2.75) is 20.3 Å². The molecule has 0 unspecified atom stereocenters. The summed E-state index contributed by atoms with van der Waals surface area (Å²) in [6, 6.07) is 6.43. The van der Waals surface area contributed by atoms with E-state index in [9.17, 15) is 12.8 Å². The molecule has 1 aliphatic heterocycles. The predicted molar refractivity (Wildman–Crippen MR) is 99.3 cm³/mol. The first-order valence-electron chi connectivity index (χ1n) is 8.52. The Hall–Kier alpha value is -2.06. The van der Waals surface area contributed by atoms with Gasteiger partial charge in [0.15, 0.2) is 0 Å². The number of hydrogen-bond acceptors (Lipinski definition) is 5. The SMILES string of the molecule is Cc1nc(C)c(Cc2ccc(F)cc2)c(N2CCN(S(C)(=O)=O)CC2)n1. The monoisotopic (exact) mass is 378 g/mol. The van der Waals surface area contributed by atoms with Crippen LogP contribution >= 0.6 is 0 Å². The van der Waals surface area contributed by atoms with Crippen LogP contribution in [0, 0.1) is 19.7 Å². The molecule has 0 N–H and O–H groups in total. The molecule has 0 bridgehead atoms. The van der Waals surface area contributed by atoms with E-state index in [0.29, 0.717) is 38.4 Å². The van der Waals surface area contributed by atoms with Crippen molar-refractivity contribution < 1.29 is 12.8 Å². The third-order valence-corrected chi connectivity index (χ3v) is 5.91. The summed E-state index contributed by atoms with van der Waals surface area (Å²) in [6.07, 6.45) is 1.84. The number of halogens is 1. The summed E-state index contributed by atoms with van der Waals surface area (Å²) in [4.78, 5) is 11.2. The van der Waals surface area contributed by atoms with E-state index in [1.165, 1.54) is 22.7 Å². The van der Waals surface area contributed by atoms with E-state index in [1.807, 2.05) is 13.8 Å². The van der Waals surface area contributed by atoms with Crippen LogP contribution in [-0.4, -0.2) is 55.1 Å². The van der Waals surface area contributed by atoms with Gasteiger partial charge in [-0.05, 0) is 31.5 Å². The molecule has 8 heteroatoms. The lowest BCUT2D eigenvalue weighted by Gasteiger charge is -2.35. The molecule has 0 radical (unpaired) electrons. The van der Waals surface area contributed by atoms with Gasteiger partial charge in [-0.2, -0.15) is 4.31 Å². The van der Waals surface area contributed by atoms with Gasteiger partial charge in [-0.1, -0.05) is 12.1 Å². The van der Waals surface area contributed by atoms with Crippen molar-refractivity contribution in [3.8, 4) is 0 Å². The van der Waals surface area contributed by atoms with Crippen molar-refractivity contribution in [3.63, 3.8) is 0 Å². The van der Waals surface area contributed by atoms with E-state index >= 15 is 0 Å². The van der Waals surface area contributed by atoms with E-state index in [-0.39, 0.29) is 5.82 Å². The third kappa shape index (κ3) is 4.19. The summed E-state index contributed by atoms with van der Waals surface area (Å²) < 4.78 is 38.1. The zero-order valence-electron chi connectivity index (χ0n) is 15.2. The van der Waals surface area contributed by atoms with Crippen LogP contribution in [0.25, 0.3) is 0 Å². The molecule has 1 fully saturated rings. The van der Waals surface area contributed by atoms with E-state index < -0.39 is 10.0 Å². The highest BCUT2D eigenvalue weighted by atomic mass is 32.2. The average molecular weight is 378 g/mol. The molecule has 3 rings (SSSR count). The molecule has 1 saturated heterocycles. The quantitative estimate of drug-likeness (QED) is 0.813. The Morgan fingerprint density at radius 1 is 1.04 bits per heavy atom. The summed E-state index contributed by atoms with van der Waals surface area (Å²) in [5, 5.41) is 0. The van der Waals surface area contributed by atoms with E-state index in [4.69, 9.17) is 0 Å². The molecule has 6 nitrogen and oxygen atoms in total. The zero-order chi connectivity index (χ0) is 18.9. The first-order chi connectivity index (χ1) is 12.2. The molecule has 0 amide bonds. The molecule has 1 aromatic heterocycles. The van der Waals surface area contributed by atoms with Gasteiger partial charge in [0.1, 0.15) is 17.5 Å². The fourth-order valence-corrected chi connectivity index (χ4v) is 4.05. The molecule has 140 valence electrons. The molecule has 0 spiro atoms. The van der Waals surface area contributed by atoms with Crippen molar-refractivity contribution in [2.24, 2.45) is 0 Å². The molecule has 0 aliphatic carbocycles. The molecule has 2 heterocycles. The lowest BCUT2D eigenvalue weighted by Crippen LogP contribution is -2.49. The largest absolute Gasteiger partial charge is 0.354 e. The first kappa shape index (κ1) is 18.7. The summed E-state index contributed by atoms with van der Waals surface area (Å²) in [5.41, 5.74) is 2.87. The predicted octanol–water partition coefficient (Wildman–Crippen LogP) is 1.90. The molecule has 0 saturated carbocycles. The number of aryl methyl sites for hydroxylation is 2. The fraction of sp³-hybridized carbons (Fsp3) is 0.444. The highest BCUT2D eigenvalue weighted by molar-refractivity contribution is 7.88. The Balaban J connectivity index is 1.88. The Bertz CT molecular complexity index is 892. The average Bonchev–Trinajstić information content (AvgIpc) is 2.58. The molecule has 26 heavy (non-hydrogen) atoms. The van der Waals surface area contributed by atoms with Gasteiger partial charge in [-0.25, -0.2) is 22.8 Å². The lowest BCUT2D eigenvalue weighted by atomic mass is 10.0. The molecule has 1 aromatic carbocycles. The number of benzene rings is 1. The maximum Gasteiger partial charge on any atom is 0.211 e. The lowest BCUT2D eigenvalue weighted by molar-refractivity contribution is 0.386. The second-order valence-corrected chi connectivity index (χ2v) is 8.59.